The molecule has 0 aliphatic carbocycles. The fourth-order valence-electron chi connectivity index (χ4n) is 3.10. The van der Waals surface area contributed by atoms with Crippen LogP contribution in [0.2, 0.25) is 0 Å². The number of rotatable bonds is 4. The second-order valence-corrected chi connectivity index (χ2v) is 9.16. The number of aromatic nitrogens is 1. The summed E-state index contributed by atoms with van der Waals surface area (Å²) in [5.74, 6) is -1.17. The predicted molar refractivity (Wildman–Crippen MR) is 111 cm³/mol. The van der Waals surface area contributed by atoms with Gasteiger partial charge >= 0.3 is 5.97 Å². The molecule has 0 unspecified atom stereocenters. The van der Waals surface area contributed by atoms with Gasteiger partial charge in [-0.3, -0.25) is 4.72 Å². The van der Waals surface area contributed by atoms with Gasteiger partial charge in [0.1, 0.15) is 0 Å². The van der Waals surface area contributed by atoms with Crippen molar-refractivity contribution in [2.75, 3.05) is 4.72 Å². The van der Waals surface area contributed by atoms with Crippen molar-refractivity contribution in [3.05, 3.63) is 65.2 Å². The Bertz CT molecular complexity index is 1360. The van der Waals surface area contributed by atoms with Gasteiger partial charge in [0.25, 0.3) is 10.0 Å². The Hall–Kier alpha value is -2.97. The van der Waals surface area contributed by atoms with Gasteiger partial charge in [0.05, 0.1) is 20.7 Å². The van der Waals surface area contributed by atoms with Crippen LogP contribution < -0.4 is 4.72 Å². The number of nitrogens with one attached hydrogen (secondary N) is 1. The molecule has 0 atom stereocenters. The van der Waals surface area contributed by atoms with Crippen molar-refractivity contribution < 1.29 is 18.3 Å². The molecule has 4 rings (SSSR count). The van der Waals surface area contributed by atoms with E-state index in [1.165, 1.54) is 23.5 Å². The van der Waals surface area contributed by atoms with E-state index in [0.717, 1.165) is 21.0 Å². The third-order valence-electron chi connectivity index (χ3n) is 4.66. The van der Waals surface area contributed by atoms with Crippen LogP contribution >= 0.6 is 11.3 Å². The highest BCUT2D eigenvalue weighted by molar-refractivity contribution is 7.93. The molecule has 1 heterocycles. The SMILES string of the molecule is Cc1cc(C(=O)O)cc(S(=O)(=O)Nc2nc3c(ccc4ccccc43)s2)c1C. The number of hydrogen-bond donors (Lipinski definition) is 2. The van der Waals surface area contributed by atoms with Crippen LogP contribution in [0.1, 0.15) is 21.5 Å². The zero-order valence-electron chi connectivity index (χ0n) is 15.1. The largest absolute Gasteiger partial charge is 0.478 e. The molecule has 3 aromatic carbocycles. The van der Waals surface area contributed by atoms with E-state index in [9.17, 15) is 18.3 Å². The molecule has 0 spiro atoms. The van der Waals surface area contributed by atoms with Gasteiger partial charge in [0.15, 0.2) is 5.13 Å². The summed E-state index contributed by atoms with van der Waals surface area (Å²) in [6.45, 7) is 3.34. The number of anilines is 1. The number of carboxylic acid groups (broad SMARTS) is 1. The molecule has 0 saturated carbocycles. The summed E-state index contributed by atoms with van der Waals surface area (Å²) in [4.78, 5) is 15.7. The maximum atomic E-state index is 13.0. The van der Waals surface area contributed by atoms with Crippen molar-refractivity contribution in [1.29, 1.82) is 0 Å². The molecule has 142 valence electrons. The first-order chi connectivity index (χ1) is 13.3. The summed E-state index contributed by atoms with van der Waals surface area (Å²) in [6.07, 6.45) is 0. The summed E-state index contributed by atoms with van der Waals surface area (Å²) < 4.78 is 29.3. The third-order valence-corrected chi connectivity index (χ3v) is 7.19. The number of fused-ring (bicyclic) bond motifs is 3. The molecular weight excluding hydrogens is 396 g/mol. The second-order valence-electron chi connectivity index (χ2n) is 6.48. The molecule has 4 aromatic rings. The molecule has 1 aromatic heterocycles. The Balaban J connectivity index is 1.80. The van der Waals surface area contributed by atoms with E-state index in [2.05, 4.69) is 9.71 Å². The number of carbonyl (C=O) groups is 1. The lowest BCUT2D eigenvalue weighted by Gasteiger charge is -2.11. The number of sulfonamides is 1. The number of aryl methyl sites for hydroxylation is 1. The average Bonchev–Trinajstić information content (AvgIpc) is 3.05. The zero-order chi connectivity index (χ0) is 20.1. The molecule has 0 amide bonds. The number of thiazole rings is 1. The molecule has 28 heavy (non-hydrogen) atoms. The van der Waals surface area contributed by atoms with Crippen LogP contribution in [0.25, 0.3) is 21.0 Å². The van der Waals surface area contributed by atoms with Crippen molar-refractivity contribution in [2.45, 2.75) is 18.7 Å². The van der Waals surface area contributed by atoms with E-state index in [4.69, 9.17) is 0 Å². The Kier molecular flexibility index (Phi) is 4.32. The van der Waals surface area contributed by atoms with E-state index >= 15 is 0 Å². The van der Waals surface area contributed by atoms with Crippen molar-refractivity contribution in [1.82, 2.24) is 4.98 Å². The van der Waals surface area contributed by atoms with Crippen molar-refractivity contribution in [2.24, 2.45) is 0 Å². The topological polar surface area (TPSA) is 96.4 Å². The summed E-state index contributed by atoms with van der Waals surface area (Å²) in [6, 6.07) is 14.3. The maximum absolute atomic E-state index is 13.0. The summed E-state index contributed by atoms with van der Waals surface area (Å²) >= 11 is 1.24. The molecule has 0 fully saturated rings. The normalized spacial score (nSPS) is 11.8. The van der Waals surface area contributed by atoms with Crippen LogP contribution in [0.15, 0.2) is 53.4 Å². The lowest BCUT2D eigenvalue weighted by atomic mass is 10.1. The fraction of sp³-hybridized carbons (Fsp3) is 0.100. The van der Waals surface area contributed by atoms with Gasteiger partial charge < -0.3 is 5.11 Å². The van der Waals surface area contributed by atoms with Gasteiger partial charge in [-0.1, -0.05) is 41.7 Å². The highest BCUT2D eigenvalue weighted by Crippen LogP contribution is 2.33. The molecule has 0 bridgehead atoms. The standard InChI is InChI=1S/C20H16N2O4S2/c1-11-9-14(19(23)24)10-17(12(11)2)28(25,26)22-20-21-18-15-6-4-3-5-13(15)7-8-16(18)27-20/h3-10H,1-2H3,(H,21,22)(H,23,24). The Morgan fingerprint density at radius 3 is 2.61 bits per heavy atom. The number of nitrogens with zero attached hydrogens (tertiary/aromatic N) is 1. The zero-order valence-corrected chi connectivity index (χ0v) is 16.7. The minimum atomic E-state index is -3.99. The summed E-state index contributed by atoms with van der Waals surface area (Å²) in [5.41, 5.74) is 1.76. The molecule has 2 N–H and O–H groups in total. The first-order valence-electron chi connectivity index (χ1n) is 8.42. The fourth-order valence-corrected chi connectivity index (χ4v) is 5.57. The van der Waals surface area contributed by atoms with Gasteiger partial charge in [-0.2, -0.15) is 0 Å². The van der Waals surface area contributed by atoms with Crippen LogP contribution in [0.3, 0.4) is 0 Å². The van der Waals surface area contributed by atoms with E-state index in [0.29, 0.717) is 11.1 Å². The predicted octanol–water partition coefficient (Wildman–Crippen LogP) is 4.57. The molecule has 0 aliphatic rings. The lowest BCUT2D eigenvalue weighted by molar-refractivity contribution is 0.0696. The Morgan fingerprint density at radius 1 is 1.11 bits per heavy atom. The second kappa shape index (κ2) is 6.57. The van der Waals surface area contributed by atoms with Gasteiger partial charge in [-0.05, 0) is 48.6 Å². The van der Waals surface area contributed by atoms with Crippen LogP contribution in [0, 0.1) is 13.8 Å². The summed E-state index contributed by atoms with van der Waals surface area (Å²) in [5, 5.41) is 11.5. The first kappa shape index (κ1) is 18.4. The van der Waals surface area contributed by atoms with Gasteiger partial charge in [0.2, 0.25) is 0 Å². The number of aromatic carboxylic acids is 1. The minimum absolute atomic E-state index is 0.0611. The molecule has 0 aliphatic heterocycles. The smallest absolute Gasteiger partial charge is 0.335 e. The first-order valence-corrected chi connectivity index (χ1v) is 10.7. The van der Waals surface area contributed by atoms with E-state index in [1.807, 2.05) is 36.4 Å². The van der Waals surface area contributed by atoms with Crippen LogP contribution in [0.4, 0.5) is 5.13 Å². The number of carboxylic acids is 1. The minimum Gasteiger partial charge on any atom is -0.478 e. The monoisotopic (exact) mass is 412 g/mol. The molecule has 0 saturated heterocycles. The summed E-state index contributed by atoms with van der Waals surface area (Å²) in [7, 11) is -3.99. The highest BCUT2D eigenvalue weighted by atomic mass is 32.2. The third kappa shape index (κ3) is 3.10. The number of hydrogen-bond acceptors (Lipinski definition) is 5. The molecule has 0 radical (unpaired) electrons. The molecule has 6 nitrogen and oxygen atoms in total. The molecular formula is C20H16N2O4S2. The van der Waals surface area contributed by atoms with E-state index in [1.54, 1.807) is 13.8 Å². The van der Waals surface area contributed by atoms with Crippen LogP contribution in [-0.2, 0) is 10.0 Å². The van der Waals surface area contributed by atoms with Crippen molar-refractivity contribution >= 4 is 53.5 Å². The van der Waals surface area contributed by atoms with E-state index < -0.39 is 16.0 Å². The maximum Gasteiger partial charge on any atom is 0.335 e. The van der Waals surface area contributed by atoms with Gasteiger partial charge in [-0.25, -0.2) is 18.2 Å². The van der Waals surface area contributed by atoms with Crippen molar-refractivity contribution in [3.8, 4) is 0 Å². The van der Waals surface area contributed by atoms with E-state index in [-0.39, 0.29) is 15.6 Å². The van der Waals surface area contributed by atoms with Gasteiger partial charge in [-0.15, -0.1) is 0 Å². The van der Waals surface area contributed by atoms with Crippen molar-refractivity contribution in [3.63, 3.8) is 0 Å². The van der Waals surface area contributed by atoms with Crippen LogP contribution in [0.5, 0.6) is 0 Å². The average molecular weight is 412 g/mol. The molecule has 8 heteroatoms. The quantitative estimate of drug-likeness (QED) is 0.512. The van der Waals surface area contributed by atoms with Crippen LogP contribution in [-0.4, -0.2) is 24.5 Å². The highest BCUT2D eigenvalue weighted by Gasteiger charge is 2.22. The lowest BCUT2D eigenvalue weighted by Crippen LogP contribution is -2.16. The van der Waals surface area contributed by atoms with Gasteiger partial charge in [0, 0.05) is 5.39 Å². The number of benzene rings is 3. The Morgan fingerprint density at radius 2 is 1.86 bits per heavy atom. The Labute approximate surface area is 165 Å².